The Morgan fingerprint density at radius 2 is 2.12 bits per heavy atom. The number of benzene rings is 1. The summed E-state index contributed by atoms with van der Waals surface area (Å²) in [4.78, 5) is 23.5. The molecular formula is C15H10Cl2N4OS2. The first kappa shape index (κ1) is 17.2. The molecule has 0 bridgehead atoms. The Kier molecular flexibility index (Phi) is 5.35. The lowest BCUT2D eigenvalue weighted by Crippen LogP contribution is -2.15. The third-order valence-corrected chi connectivity index (χ3v) is 4.69. The van der Waals surface area contributed by atoms with Crippen LogP contribution in [-0.4, -0.2) is 26.6 Å². The van der Waals surface area contributed by atoms with Crippen LogP contribution in [0.15, 0.2) is 41.7 Å². The maximum atomic E-state index is 12.0. The van der Waals surface area contributed by atoms with Crippen molar-refractivity contribution >= 4 is 69.8 Å². The Morgan fingerprint density at radius 1 is 1.33 bits per heavy atom. The van der Waals surface area contributed by atoms with E-state index in [4.69, 9.17) is 35.4 Å². The fourth-order valence-electron chi connectivity index (χ4n) is 1.95. The molecule has 0 saturated heterocycles. The lowest BCUT2D eigenvalue weighted by molar-refractivity contribution is -0.113. The molecule has 0 fully saturated rings. The number of hydrogen-bond acceptors (Lipinski definition) is 5. The standard InChI is InChI=1S/C15H10Cl2N4OS2/c16-8-5-10(17)13(18-6-8)20-12(22)7-24-15-19-11-4-2-1-3-9(11)14(23)21-15/h1-6H,7H2,(H,18,20,22)(H,19,21,23). The van der Waals surface area contributed by atoms with Gasteiger partial charge >= 0.3 is 0 Å². The monoisotopic (exact) mass is 396 g/mol. The number of H-pyrrole nitrogens is 1. The highest BCUT2D eigenvalue weighted by molar-refractivity contribution is 7.99. The van der Waals surface area contributed by atoms with Crippen LogP contribution in [-0.2, 0) is 4.79 Å². The quantitative estimate of drug-likeness (QED) is 0.379. The Hall–Kier alpha value is -1.67. The number of aromatic amines is 1. The van der Waals surface area contributed by atoms with Crippen LogP contribution in [0.2, 0.25) is 10.0 Å². The van der Waals surface area contributed by atoms with Crippen LogP contribution in [0.4, 0.5) is 5.82 Å². The predicted molar refractivity (Wildman–Crippen MR) is 101 cm³/mol. The van der Waals surface area contributed by atoms with Gasteiger partial charge in [0.25, 0.3) is 0 Å². The van der Waals surface area contributed by atoms with E-state index in [0.29, 0.717) is 14.8 Å². The lowest BCUT2D eigenvalue weighted by Gasteiger charge is -2.07. The summed E-state index contributed by atoms with van der Waals surface area (Å²) in [7, 11) is 0. The van der Waals surface area contributed by atoms with Gasteiger partial charge in [-0.3, -0.25) is 4.79 Å². The second-order valence-corrected chi connectivity index (χ2v) is 6.91. The number of para-hydroxylation sites is 1. The van der Waals surface area contributed by atoms with E-state index in [1.165, 1.54) is 24.0 Å². The molecule has 1 aromatic carbocycles. The molecule has 2 heterocycles. The van der Waals surface area contributed by atoms with Crippen molar-refractivity contribution in [3.8, 4) is 0 Å². The fraction of sp³-hybridized carbons (Fsp3) is 0.0667. The highest BCUT2D eigenvalue weighted by atomic mass is 35.5. The van der Waals surface area contributed by atoms with E-state index in [9.17, 15) is 4.79 Å². The maximum Gasteiger partial charge on any atom is 0.236 e. The van der Waals surface area contributed by atoms with Gasteiger partial charge in [-0.15, -0.1) is 0 Å². The molecule has 24 heavy (non-hydrogen) atoms. The average Bonchev–Trinajstić information content (AvgIpc) is 2.56. The van der Waals surface area contributed by atoms with Crippen LogP contribution in [0.1, 0.15) is 0 Å². The SMILES string of the molecule is O=C(CSc1nc(=S)c2ccccc2[nH]1)Nc1ncc(Cl)cc1Cl. The van der Waals surface area contributed by atoms with Crippen LogP contribution < -0.4 is 5.32 Å². The van der Waals surface area contributed by atoms with Crippen LogP contribution in [0.3, 0.4) is 0 Å². The van der Waals surface area contributed by atoms with Crippen molar-refractivity contribution in [1.29, 1.82) is 0 Å². The maximum absolute atomic E-state index is 12.0. The van der Waals surface area contributed by atoms with Crippen molar-refractivity contribution in [2.45, 2.75) is 5.16 Å². The second-order valence-electron chi connectivity index (χ2n) is 4.71. The normalized spacial score (nSPS) is 10.8. The molecule has 0 spiro atoms. The number of carbonyl (C=O) groups excluding carboxylic acids is 1. The molecule has 122 valence electrons. The van der Waals surface area contributed by atoms with Gasteiger partial charge in [-0.2, -0.15) is 0 Å². The number of thioether (sulfide) groups is 1. The van der Waals surface area contributed by atoms with Crippen molar-refractivity contribution in [1.82, 2.24) is 15.0 Å². The van der Waals surface area contributed by atoms with E-state index in [1.54, 1.807) is 0 Å². The fourth-order valence-corrected chi connectivity index (χ4v) is 3.38. The molecule has 0 saturated carbocycles. The van der Waals surface area contributed by atoms with E-state index in [1.807, 2.05) is 24.3 Å². The number of fused-ring (bicyclic) bond motifs is 1. The first-order valence-corrected chi connectivity index (χ1v) is 8.90. The van der Waals surface area contributed by atoms with Crippen LogP contribution >= 0.6 is 47.2 Å². The summed E-state index contributed by atoms with van der Waals surface area (Å²) in [5.41, 5.74) is 0.878. The summed E-state index contributed by atoms with van der Waals surface area (Å²) in [5.74, 6) is 0.147. The van der Waals surface area contributed by atoms with Gasteiger partial charge in [0.1, 0.15) is 4.64 Å². The van der Waals surface area contributed by atoms with Crippen molar-refractivity contribution < 1.29 is 4.79 Å². The largest absolute Gasteiger partial charge is 0.334 e. The summed E-state index contributed by atoms with van der Waals surface area (Å²) in [5, 5.41) is 4.76. The second kappa shape index (κ2) is 7.48. The number of carbonyl (C=O) groups is 1. The number of nitrogens with one attached hydrogen (secondary N) is 2. The molecule has 0 atom stereocenters. The third kappa shape index (κ3) is 4.05. The van der Waals surface area contributed by atoms with Gasteiger partial charge in [0.2, 0.25) is 5.91 Å². The number of nitrogens with zero attached hydrogens (tertiary/aromatic N) is 2. The minimum Gasteiger partial charge on any atom is -0.334 e. The molecule has 0 unspecified atom stereocenters. The molecule has 0 aliphatic carbocycles. The van der Waals surface area contributed by atoms with Crippen LogP contribution in [0.5, 0.6) is 0 Å². The number of anilines is 1. The zero-order valence-electron chi connectivity index (χ0n) is 12.0. The number of pyridine rings is 1. The Labute approximate surface area is 156 Å². The Bertz CT molecular complexity index is 977. The van der Waals surface area contributed by atoms with Crippen molar-refractivity contribution in [2.24, 2.45) is 0 Å². The molecule has 9 heteroatoms. The zero-order chi connectivity index (χ0) is 17.1. The van der Waals surface area contributed by atoms with Crippen molar-refractivity contribution in [2.75, 3.05) is 11.1 Å². The van der Waals surface area contributed by atoms with Crippen molar-refractivity contribution in [3.63, 3.8) is 0 Å². The van der Waals surface area contributed by atoms with E-state index in [0.717, 1.165) is 10.9 Å². The zero-order valence-corrected chi connectivity index (χ0v) is 15.2. The summed E-state index contributed by atoms with van der Waals surface area (Å²) in [6.45, 7) is 0. The average molecular weight is 397 g/mol. The van der Waals surface area contributed by atoms with Gasteiger partial charge < -0.3 is 10.3 Å². The van der Waals surface area contributed by atoms with Gasteiger partial charge in [-0.1, -0.05) is 59.3 Å². The molecule has 2 aromatic heterocycles. The van der Waals surface area contributed by atoms with Gasteiger partial charge in [0.15, 0.2) is 11.0 Å². The number of rotatable bonds is 4. The molecule has 3 rings (SSSR count). The highest BCUT2D eigenvalue weighted by Gasteiger charge is 2.10. The predicted octanol–water partition coefficient (Wildman–Crippen LogP) is 4.72. The van der Waals surface area contributed by atoms with Crippen LogP contribution in [0.25, 0.3) is 10.9 Å². The number of amides is 1. The Morgan fingerprint density at radius 3 is 2.92 bits per heavy atom. The molecule has 1 amide bonds. The molecule has 2 N–H and O–H groups in total. The van der Waals surface area contributed by atoms with E-state index >= 15 is 0 Å². The molecule has 0 aliphatic rings. The number of aromatic nitrogens is 3. The summed E-state index contributed by atoms with van der Waals surface area (Å²) >= 11 is 18.3. The first-order chi connectivity index (χ1) is 11.5. The third-order valence-electron chi connectivity index (χ3n) is 3.01. The number of hydrogen-bond donors (Lipinski definition) is 2. The lowest BCUT2D eigenvalue weighted by atomic mass is 10.2. The molecule has 3 aromatic rings. The van der Waals surface area contributed by atoms with Crippen LogP contribution in [0, 0.1) is 4.64 Å². The molecule has 0 radical (unpaired) electrons. The Balaban J connectivity index is 1.69. The van der Waals surface area contributed by atoms with Gasteiger partial charge in [-0.05, 0) is 18.2 Å². The molecular weight excluding hydrogens is 387 g/mol. The summed E-state index contributed by atoms with van der Waals surface area (Å²) in [6.07, 6.45) is 1.42. The smallest absolute Gasteiger partial charge is 0.236 e. The van der Waals surface area contributed by atoms with Gasteiger partial charge in [0, 0.05) is 11.6 Å². The topological polar surface area (TPSA) is 70.7 Å². The highest BCUT2D eigenvalue weighted by Crippen LogP contribution is 2.23. The number of halogens is 2. The molecule has 0 aliphatic heterocycles. The summed E-state index contributed by atoms with van der Waals surface area (Å²) in [6, 6.07) is 9.13. The van der Waals surface area contributed by atoms with E-state index in [-0.39, 0.29) is 22.5 Å². The first-order valence-electron chi connectivity index (χ1n) is 6.75. The van der Waals surface area contributed by atoms with E-state index < -0.39 is 0 Å². The summed E-state index contributed by atoms with van der Waals surface area (Å²) < 4.78 is 0.495. The van der Waals surface area contributed by atoms with Gasteiger partial charge in [-0.25, -0.2) is 9.97 Å². The van der Waals surface area contributed by atoms with E-state index in [2.05, 4.69) is 20.3 Å². The van der Waals surface area contributed by atoms with Gasteiger partial charge in [0.05, 0.1) is 21.3 Å². The molecule has 5 nitrogen and oxygen atoms in total. The van der Waals surface area contributed by atoms with Crippen molar-refractivity contribution in [3.05, 3.63) is 51.2 Å². The minimum atomic E-state index is -0.258. The minimum absolute atomic E-state index is 0.136.